The zero-order chi connectivity index (χ0) is 24.2. The van der Waals surface area contributed by atoms with Crippen molar-refractivity contribution >= 4 is 11.8 Å². The van der Waals surface area contributed by atoms with Crippen molar-refractivity contribution in [3.8, 4) is 22.4 Å². The summed E-state index contributed by atoms with van der Waals surface area (Å²) < 4.78 is 11.0. The fraction of sp³-hybridized carbons (Fsp3) is 0.267. The highest BCUT2D eigenvalue weighted by Crippen LogP contribution is 2.36. The largest absolute Gasteiger partial charge is 0.441 e. The maximum Gasteiger partial charge on any atom is 0.412 e. The third kappa shape index (κ3) is 5.14. The molecule has 35 heavy (non-hydrogen) atoms. The summed E-state index contributed by atoms with van der Waals surface area (Å²) in [5.74, 6) is 1.24. The fourth-order valence-electron chi connectivity index (χ4n) is 4.83. The summed E-state index contributed by atoms with van der Waals surface area (Å²) in [6.07, 6.45) is 4.37. The Morgan fingerprint density at radius 1 is 0.914 bits per heavy atom. The molecule has 5 nitrogen and oxygen atoms in total. The van der Waals surface area contributed by atoms with Crippen molar-refractivity contribution < 1.29 is 14.1 Å². The van der Waals surface area contributed by atoms with Crippen LogP contribution in [0.3, 0.4) is 0 Å². The lowest BCUT2D eigenvalue weighted by molar-refractivity contribution is 0.121. The summed E-state index contributed by atoms with van der Waals surface area (Å²) in [6, 6.07) is 26.7. The molecule has 4 aromatic rings. The Morgan fingerprint density at radius 3 is 2.17 bits per heavy atom. The van der Waals surface area contributed by atoms with E-state index < -0.39 is 6.09 Å². The highest BCUT2D eigenvalue weighted by Gasteiger charge is 2.20. The summed E-state index contributed by atoms with van der Waals surface area (Å²) in [5.41, 5.74) is 6.66. The summed E-state index contributed by atoms with van der Waals surface area (Å²) in [6.45, 7) is 3.61. The molecule has 3 aromatic carbocycles. The SMILES string of the molecule is Cc1onc(-c2ccc(-c3ccc(C4CCCC4)cc3)cc2)c1NC(=O)O[C@H](C)c1ccccc1. The summed E-state index contributed by atoms with van der Waals surface area (Å²) in [5, 5.41) is 7.01. The molecule has 5 rings (SSSR count). The van der Waals surface area contributed by atoms with Gasteiger partial charge in [0, 0.05) is 5.56 Å². The molecular formula is C30H30N2O3. The maximum absolute atomic E-state index is 12.6. The standard InChI is InChI=1S/C30H30N2O3/c1-20(22-8-4-3-5-9-22)34-30(33)31-28-21(2)35-32-29(28)27-18-16-26(17-19-27)25-14-12-24(13-15-25)23-10-6-7-11-23/h3-5,8-9,12-20,23H,6-7,10-11H2,1-2H3,(H,31,33)/t20-/m1/s1. The number of amides is 1. The van der Waals surface area contributed by atoms with Gasteiger partial charge in [-0.1, -0.05) is 96.9 Å². The van der Waals surface area contributed by atoms with E-state index in [4.69, 9.17) is 9.26 Å². The van der Waals surface area contributed by atoms with E-state index in [1.807, 2.05) is 49.4 Å². The van der Waals surface area contributed by atoms with E-state index in [2.05, 4.69) is 46.9 Å². The zero-order valence-electron chi connectivity index (χ0n) is 20.2. The number of carbonyl (C=O) groups is 1. The van der Waals surface area contributed by atoms with E-state index in [-0.39, 0.29) is 6.10 Å². The fourth-order valence-corrected chi connectivity index (χ4v) is 4.83. The lowest BCUT2D eigenvalue weighted by Gasteiger charge is -2.14. The molecular weight excluding hydrogens is 436 g/mol. The van der Waals surface area contributed by atoms with E-state index >= 15 is 0 Å². The Bertz CT molecular complexity index is 1270. The summed E-state index contributed by atoms with van der Waals surface area (Å²) in [4.78, 5) is 12.6. The number of nitrogens with zero attached hydrogens (tertiary/aromatic N) is 1. The molecule has 0 unspecified atom stereocenters. The van der Waals surface area contributed by atoms with Crippen LogP contribution in [0.2, 0.25) is 0 Å². The molecule has 1 aromatic heterocycles. The molecule has 0 radical (unpaired) electrons. The Morgan fingerprint density at radius 2 is 1.51 bits per heavy atom. The van der Waals surface area contributed by atoms with Gasteiger partial charge >= 0.3 is 6.09 Å². The molecule has 0 bridgehead atoms. The molecule has 1 fully saturated rings. The van der Waals surface area contributed by atoms with Gasteiger partial charge in [-0.25, -0.2) is 4.79 Å². The molecule has 1 saturated carbocycles. The smallest absolute Gasteiger partial charge is 0.412 e. The van der Waals surface area contributed by atoms with E-state index in [0.717, 1.165) is 22.6 Å². The Balaban J connectivity index is 1.29. The van der Waals surface area contributed by atoms with E-state index in [1.54, 1.807) is 6.92 Å². The first-order chi connectivity index (χ1) is 17.1. The van der Waals surface area contributed by atoms with Gasteiger partial charge in [0.2, 0.25) is 0 Å². The molecule has 1 amide bonds. The number of nitrogens with one attached hydrogen (secondary N) is 1. The second-order valence-corrected chi connectivity index (χ2v) is 9.23. The topological polar surface area (TPSA) is 64.4 Å². The Labute approximate surface area is 206 Å². The highest BCUT2D eigenvalue weighted by molar-refractivity contribution is 5.91. The van der Waals surface area contributed by atoms with Gasteiger partial charge in [0.25, 0.3) is 0 Å². The lowest BCUT2D eigenvalue weighted by Crippen LogP contribution is -2.16. The van der Waals surface area contributed by atoms with Crippen LogP contribution in [-0.2, 0) is 4.74 Å². The summed E-state index contributed by atoms with van der Waals surface area (Å²) in [7, 11) is 0. The van der Waals surface area contributed by atoms with Crippen molar-refractivity contribution in [2.75, 3.05) is 5.32 Å². The first-order valence-electron chi connectivity index (χ1n) is 12.3. The lowest BCUT2D eigenvalue weighted by atomic mass is 9.95. The van der Waals surface area contributed by atoms with E-state index in [9.17, 15) is 4.79 Å². The number of hydrogen-bond acceptors (Lipinski definition) is 4. The van der Waals surface area contributed by atoms with Gasteiger partial charge in [-0.15, -0.1) is 0 Å². The molecule has 1 aliphatic rings. The van der Waals surface area contributed by atoms with Crippen molar-refractivity contribution in [3.05, 3.63) is 95.7 Å². The number of ether oxygens (including phenoxy) is 1. The number of benzene rings is 3. The van der Waals surface area contributed by atoms with Crippen LogP contribution < -0.4 is 5.32 Å². The monoisotopic (exact) mass is 466 g/mol. The molecule has 0 spiro atoms. The van der Waals surface area contributed by atoms with Crippen LogP contribution in [0.1, 0.15) is 61.5 Å². The van der Waals surface area contributed by atoms with Gasteiger partial charge in [-0.3, -0.25) is 5.32 Å². The second-order valence-electron chi connectivity index (χ2n) is 9.23. The van der Waals surface area contributed by atoms with Crippen molar-refractivity contribution in [1.29, 1.82) is 0 Å². The Hall–Kier alpha value is -3.86. The minimum absolute atomic E-state index is 0.376. The first-order valence-corrected chi connectivity index (χ1v) is 12.3. The zero-order valence-corrected chi connectivity index (χ0v) is 20.2. The van der Waals surface area contributed by atoms with Crippen LogP contribution in [0.25, 0.3) is 22.4 Å². The molecule has 5 heteroatoms. The maximum atomic E-state index is 12.6. The molecule has 1 atom stereocenters. The molecule has 178 valence electrons. The third-order valence-electron chi connectivity index (χ3n) is 6.87. The van der Waals surface area contributed by atoms with Crippen LogP contribution in [-0.4, -0.2) is 11.2 Å². The average Bonchev–Trinajstić information content (AvgIpc) is 3.56. The molecule has 1 aliphatic carbocycles. The molecule has 1 N–H and O–H groups in total. The first kappa shape index (κ1) is 22.9. The van der Waals surface area contributed by atoms with Gasteiger partial charge in [0.1, 0.15) is 17.5 Å². The van der Waals surface area contributed by atoms with Gasteiger partial charge in [0.05, 0.1) is 0 Å². The predicted molar refractivity (Wildman–Crippen MR) is 138 cm³/mol. The molecule has 0 aliphatic heterocycles. The third-order valence-corrected chi connectivity index (χ3v) is 6.87. The average molecular weight is 467 g/mol. The van der Waals surface area contributed by atoms with Crippen molar-refractivity contribution in [2.24, 2.45) is 0 Å². The van der Waals surface area contributed by atoms with Gasteiger partial charge < -0.3 is 9.26 Å². The minimum atomic E-state index is -0.548. The second kappa shape index (κ2) is 10.2. The van der Waals surface area contributed by atoms with Crippen LogP contribution in [0, 0.1) is 6.92 Å². The van der Waals surface area contributed by atoms with E-state index in [0.29, 0.717) is 17.1 Å². The van der Waals surface area contributed by atoms with Crippen LogP contribution in [0.15, 0.2) is 83.4 Å². The number of rotatable bonds is 6. The minimum Gasteiger partial charge on any atom is -0.441 e. The Kier molecular flexibility index (Phi) is 6.66. The van der Waals surface area contributed by atoms with Crippen LogP contribution in [0.5, 0.6) is 0 Å². The van der Waals surface area contributed by atoms with Crippen LogP contribution in [0.4, 0.5) is 10.5 Å². The number of hydrogen-bond donors (Lipinski definition) is 1. The number of carbonyl (C=O) groups excluding carboxylic acids is 1. The van der Waals surface area contributed by atoms with Crippen molar-refractivity contribution in [2.45, 2.75) is 51.6 Å². The normalized spacial score (nSPS) is 14.6. The van der Waals surface area contributed by atoms with Gasteiger partial charge in [0.15, 0.2) is 5.76 Å². The number of aryl methyl sites for hydroxylation is 1. The molecule has 0 saturated heterocycles. The predicted octanol–water partition coefficient (Wildman–Crippen LogP) is 8.28. The van der Waals surface area contributed by atoms with Gasteiger partial charge in [-0.05, 0) is 54.9 Å². The van der Waals surface area contributed by atoms with Gasteiger partial charge in [-0.2, -0.15) is 0 Å². The summed E-state index contributed by atoms with van der Waals surface area (Å²) >= 11 is 0. The van der Waals surface area contributed by atoms with Crippen molar-refractivity contribution in [3.63, 3.8) is 0 Å². The number of aromatic nitrogens is 1. The molecule has 1 heterocycles. The van der Waals surface area contributed by atoms with Crippen LogP contribution >= 0.6 is 0 Å². The number of anilines is 1. The van der Waals surface area contributed by atoms with E-state index in [1.165, 1.54) is 36.8 Å². The quantitative estimate of drug-likeness (QED) is 0.310. The van der Waals surface area contributed by atoms with Crippen molar-refractivity contribution in [1.82, 2.24) is 5.16 Å². The highest BCUT2D eigenvalue weighted by atomic mass is 16.6.